The fraction of sp³-hybridized carbons (Fsp3) is 1.00. The van der Waals surface area contributed by atoms with E-state index < -0.39 is 0 Å². The third-order valence-electron chi connectivity index (χ3n) is 3.28. The molecule has 0 aromatic rings. The molecule has 2 N–H and O–H groups in total. The minimum Gasteiger partial charge on any atom is -0.329 e. The summed E-state index contributed by atoms with van der Waals surface area (Å²) < 4.78 is 0. The molecule has 2 heteroatoms. The van der Waals surface area contributed by atoms with Crippen LogP contribution in [0.5, 0.6) is 0 Å². The first-order valence-electron chi connectivity index (χ1n) is 6.82. The van der Waals surface area contributed by atoms with Crippen molar-refractivity contribution < 1.29 is 0 Å². The topological polar surface area (TPSA) is 29.3 Å². The van der Waals surface area contributed by atoms with E-state index in [-0.39, 0.29) is 0 Å². The van der Waals surface area contributed by atoms with Gasteiger partial charge in [0.1, 0.15) is 0 Å². The van der Waals surface area contributed by atoms with Gasteiger partial charge in [-0.1, -0.05) is 39.0 Å². The van der Waals surface area contributed by atoms with Crippen LogP contribution in [0.2, 0.25) is 0 Å². The molecule has 1 fully saturated rings. The Kier molecular flexibility index (Phi) is 7.03. The minimum absolute atomic E-state index is 0.826. The van der Waals surface area contributed by atoms with E-state index in [9.17, 15) is 0 Å². The van der Waals surface area contributed by atoms with Crippen molar-refractivity contribution in [1.29, 1.82) is 0 Å². The summed E-state index contributed by atoms with van der Waals surface area (Å²) in [5.41, 5.74) is 5.62. The lowest BCUT2D eigenvalue weighted by molar-refractivity contribution is 0.264. The zero-order chi connectivity index (χ0) is 10.9. The van der Waals surface area contributed by atoms with Crippen LogP contribution < -0.4 is 5.73 Å². The van der Waals surface area contributed by atoms with Gasteiger partial charge >= 0.3 is 0 Å². The fourth-order valence-corrected chi connectivity index (χ4v) is 2.18. The highest BCUT2D eigenvalue weighted by Crippen LogP contribution is 2.26. The molecule has 15 heavy (non-hydrogen) atoms. The number of nitrogens with two attached hydrogens (primary N) is 1. The second kappa shape index (κ2) is 8.12. The Hall–Kier alpha value is -0.0800. The molecule has 1 saturated carbocycles. The van der Waals surface area contributed by atoms with E-state index in [0.29, 0.717) is 0 Å². The summed E-state index contributed by atoms with van der Waals surface area (Å²) >= 11 is 0. The van der Waals surface area contributed by atoms with Crippen molar-refractivity contribution in [3.8, 4) is 0 Å². The van der Waals surface area contributed by atoms with Crippen LogP contribution in [0.15, 0.2) is 0 Å². The molecule has 0 unspecified atom stereocenters. The van der Waals surface area contributed by atoms with Crippen LogP contribution in [0.25, 0.3) is 0 Å². The fourth-order valence-electron chi connectivity index (χ4n) is 2.18. The van der Waals surface area contributed by atoms with Crippen LogP contribution in [0.4, 0.5) is 0 Å². The predicted molar refractivity (Wildman–Crippen MR) is 67.0 cm³/mol. The molecule has 0 aliphatic heterocycles. The summed E-state index contributed by atoms with van der Waals surface area (Å²) in [7, 11) is 0. The summed E-state index contributed by atoms with van der Waals surface area (Å²) in [5, 5.41) is 0. The van der Waals surface area contributed by atoms with Crippen LogP contribution in [-0.2, 0) is 0 Å². The van der Waals surface area contributed by atoms with Crippen molar-refractivity contribution in [1.82, 2.24) is 4.90 Å². The second-order valence-electron chi connectivity index (χ2n) is 4.82. The Morgan fingerprint density at radius 3 is 2.27 bits per heavy atom. The molecule has 0 spiro atoms. The molecule has 2 nitrogen and oxygen atoms in total. The molecule has 0 saturated heterocycles. The molecule has 0 aromatic carbocycles. The van der Waals surface area contributed by atoms with Crippen molar-refractivity contribution in [3.63, 3.8) is 0 Å². The van der Waals surface area contributed by atoms with Crippen LogP contribution in [0, 0.1) is 0 Å². The molecular weight excluding hydrogens is 184 g/mol. The number of unbranched alkanes of at least 4 members (excludes halogenated alkanes) is 5. The van der Waals surface area contributed by atoms with Gasteiger partial charge in [0.2, 0.25) is 0 Å². The Morgan fingerprint density at radius 2 is 1.67 bits per heavy atom. The Balaban J connectivity index is 1.92. The van der Waals surface area contributed by atoms with E-state index >= 15 is 0 Å². The molecule has 0 atom stereocenters. The number of hydrogen-bond acceptors (Lipinski definition) is 2. The summed E-state index contributed by atoms with van der Waals surface area (Å²) in [6.07, 6.45) is 11.2. The molecular formula is C13H28N2. The Bertz CT molecular complexity index is 143. The molecule has 0 aromatic heterocycles. The van der Waals surface area contributed by atoms with E-state index in [1.165, 1.54) is 57.9 Å². The van der Waals surface area contributed by atoms with Crippen LogP contribution in [0.3, 0.4) is 0 Å². The van der Waals surface area contributed by atoms with E-state index in [1.807, 2.05) is 0 Å². The lowest BCUT2D eigenvalue weighted by Gasteiger charge is -2.20. The number of hydrogen-bond donors (Lipinski definition) is 1. The average Bonchev–Trinajstić information content (AvgIpc) is 3.05. The van der Waals surface area contributed by atoms with Gasteiger partial charge in [0.05, 0.1) is 0 Å². The van der Waals surface area contributed by atoms with E-state index in [1.54, 1.807) is 0 Å². The number of nitrogens with zero attached hydrogens (tertiary/aromatic N) is 1. The molecule has 0 radical (unpaired) electrons. The molecule has 0 heterocycles. The maximum atomic E-state index is 5.62. The van der Waals surface area contributed by atoms with Crippen molar-refractivity contribution in [2.45, 2.75) is 64.3 Å². The lowest BCUT2D eigenvalue weighted by atomic mass is 10.1. The van der Waals surface area contributed by atoms with Crippen LogP contribution in [-0.4, -0.2) is 30.6 Å². The van der Waals surface area contributed by atoms with Crippen molar-refractivity contribution in [3.05, 3.63) is 0 Å². The van der Waals surface area contributed by atoms with Crippen LogP contribution >= 0.6 is 0 Å². The minimum atomic E-state index is 0.826. The first-order chi connectivity index (χ1) is 7.38. The molecule has 1 aliphatic carbocycles. The maximum absolute atomic E-state index is 5.62. The van der Waals surface area contributed by atoms with Crippen molar-refractivity contribution in [2.75, 3.05) is 19.6 Å². The van der Waals surface area contributed by atoms with Crippen molar-refractivity contribution in [2.24, 2.45) is 5.73 Å². The van der Waals surface area contributed by atoms with E-state index in [4.69, 9.17) is 5.73 Å². The zero-order valence-corrected chi connectivity index (χ0v) is 10.4. The van der Waals surface area contributed by atoms with Gasteiger partial charge in [-0.05, 0) is 25.8 Å². The summed E-state index contributed by atoms with van der Waals surface area (Å²) in [4.78, 5) is 2.60. The Morgan fingerprint density at radius 1 is 1.00 bits per heavy atom. The highest BCUT2D eigenvalue weighted by Gasteiger charge is 2.27. The van der Waals surface area contributed by atoms with Crippen molar-refractivity contribution >= 4 is 0 Å². The number of rotatable bonds is 10. The van der Waals surface area contributed by atoms with Gasteiger partial charge in [-0.3, -0.25) is 4.90 Å². The van der Waals surface area contributed by atoms with Gasteiger partial charge in [-0.25, -0.2) is 0 Å². The SMILES string of the molecule is CCCCCCCCN(CCN)C1CC1. The molecule has 1 rings (SSSR count). The quantitative estimate of drug-likeness (QED) is 0.564. The highest BCUT2D eigenvalue weighted by molar-refractivity contribution is 4.84. The average molecular weight is 212 g/mol. The highest BCUT2D eigenvalue weighted by atomic mass is 15.2. The summed E-state index contributed by atoms with van der Waals surface area (Å²) in [5.74, 6) is 0. The summed E-state index contributed by atoms with van der Waals surface area (Å²) in [6.45, 7) is 5.50. The zero-order valence-electron chi connectivity index (χ0n) is 10.4. The van der Waals surface area contributed by atoms with Gasteiger partial charge < -0.3 is 5.73 Å². The smallest absolute Gasteiger partial charge is 0.0108 e. The van der Waals surface area contributed by atoms with E-state index in [0.717, 1.165) is 19.1 Å². The summed E-state index contributed by atoms with van der Waals surface area (Å²) in [6, 6.07) is 0.893. The Labute approximate surface area is 95.2 Å². The van der Waals surface area contributed by atoms with Gasteiger partial charge in [0.25, 0.3) is 0 Å². The monoisotopic (exact) mass is 212 g/mol. The van der Waals surface area contributed by atoms with Gasteiger partial charge in [-0.15, -0.1) is 0 Å². The first kappa shape index (κ1) is 13.0. The van der Waals surface area contributed by atoms with Gasteiger partial charge in [0.15, 0.2) is 0 Å². The van der Waals surface area contributed by atoms with Gasteiger partial charge in [0, 0.05) is 19.1 Å². The standard InChI is InChI=1S/C13H28N2/c1-2-3-4-5-6-7-11-15(12-10-14)13-8-9-13/h13H,2-12,14H2,1H3. The molecule has 90 valence electrons. The molecule has 1 aliphatic rings. The largest absolute Gasteiger partial charge is 0.329 e. The second-order valence-corrected chi connectivity index (χ2v) is 4.82. The van der Waals surface area contributed by atoms with E-state index in [2.05, 4.69) is 11.8 Å². The molecule has 0 amide bonds. The van der Waals surface area contributed by atoms with Gasteiger partial charge in [-0.2, -0.15) is 0 Å². The lowest BCUT2D eigenvalue weighted by Crippen LogP contribution is -2.32. The third-order valence-corrected chi connectivity index (χ3v) is 3.28. The maximum Gasteiger partial charge on any atom is 0.0108 e. The normalized spacial score (nSPS) is 16.2. The first-order valence-corrected chi connectivity index (χ1v) is 6.82. The van der Waals surface area contributed by atoms with Crippen LogP contribution in [0.1, 0.15) is 58.3 Å². The predicted octanol–water partition coefficient (Wildman–Crippen LogP) is 2.77. The molecule has 0 bridgehead atoms. The third kappa shape index (κ3) is 6.16.